The van der Waals surface area contributed by atoms with Gasteiger partial charge in [-0.2, -0.15) is 8.78 Å². The van der Waals surface area contributed by atoms with Crippen molar-refractivity contribution in [2.24, 2.45) is 0 Å². The Hall–Kier alpha value is -1.79. The Kier molecular flexibility index (Phi) is 1.99. The van der Waals surface area contributed by atoms with E-state index in [-0.39, 0.29) is 11.6 Å². The van der Waals surface area contributed by atoms with Gasteiger partial charge < -0.3 is 8.83 Å². The van der Waals surface area contributed by atoms with Crippen molar-refractivity contribution in [1.29, 1.82) is 0 Å². The highest BCUT2D eigenvalue weighted by molar-refractivity contribution is 5.43. The first-order valence-corrected chi connectivity index (χ1v) is 3.71. The summed E-state index contributed by atoms with van der Waals surface area (Å²) in [6.07, 6.45) is -1.51. The average molecular weight is 201 g/mol. The molecule has 2 aromatic heterocycles. The highest BCUT2D eigenvalue weighted by atomic mass is 19.3. The number of hydrogen-bond acceptors (Lipinski definition) is 5. The van der Waals surface area contributed by atoms with Crippen molar-refractivity contribution in [3.63, 3.8) is 0 Å². The van der Waals surface area contributed by atoms with Crippen LogP contribution >= 0.6 is 0 Å². The minimum absolute atomic E-state index is 0.0721. The summed E-state index contributed by atoms with van der Waals surface area (Å²) in [5.41, 5.74) is 0.252. The Morgan fingerprint density at radius 2 is 2.14 bits per heavy atom. The van der Waals surface area contributed by atoms with Crippen molar-refractivity contribution >= 4 is 0 Å². The summed E-state index contributed by atoms with van der Waals surface area (Å²) in [6, 6.07) is 0. The van der Waals surface area contributed by atoms with E-state index in [0.29, 0.717) is 5.89 Å². The van der Waals surface area contributed by atoms with Gasteiger partial charge in [-0.3, -0.25) is 0 Å². The highest BCUT2D eigenvalue weighted by Gasteiger charge is 2.18. The normalized spacial score (nSPS) is 11.1. The molecule has 0 amide bonds. The number of aryl methyl sites for hydroxylation is 1. The van der Waals surface area contributed by atoms with Crippen molar-refractivity contribution in [3.05, 3.63) is 18.0 Å². The van der Waals surface area contributed by atoms with E-state index in [1.165, 1.54) is 6.26 Å². The Bertz CT molecular complexity index is 438. The van der Waals surface area contributed by atoms with Gasteiger partial charge in [0.05, 0.1) is 0 Å². The zero-order valence-corrected chi connectivity index (χ0v) is 7.07. The second-order valence-electron chi connectivity index (χ2n) is 2.50. The van der Waals surface area contributed by atoms with Crippen molar-refractivity contribution in [1.82, 2.24) is 15.2 Å². The van der Waals surface area contributed by atoms with E-state index in [9.17, 15) is 8.78 Å². The largest absolute Gasteiger partial charge is 0.448 e. The van der Waals surface area contributed by atoms with Crippen molar-refractivity contribution < 1.29 is 17.6 Å². The van der Waals surface area contributed by atoms with Crippen molar-refractivity contribution in [3.8, 4) is 11.6 Å². The first kappa shape index (κ1) is 8.79. The smallest absolute Gasteiger partial charge is 0.314 e. The lowest BCUT2D eigenvalue weighted by atomic mass is 10.5. The molecule has 5 nitrogen and oxygen atoms in total. The molecule has 0 spiro atoms. The molecule has 0 saturated carbocycles. The molecule has 0 unspecified atom stereocenters. The van der Waals surface area contributed by atoms with Crippen LogP contribution < -0.4 is 0 Å². The van der Waals surface area contributed by atoms with Crippen molar-refractivity contribution in [2.75, 3.05) is 0 Å². The first-order chi connectivity index (χ1) is 6.66. The summed E-state index contributed by atoms with van der Waals surface area (Å²) < 4.78 is 33.6. The molecule has 0 N–H and O–H groups in total. The van der Waals surface area contributed by atoms with Gasteiger partial charge in [-0.25, -0.2) is 4.98 Å². The zero-order valence-electron chi connectivity index (χ0n) is 7.07. The van der Waals surface area contributed by atoms with Gasteiger partial charge in [-0.1, -0.05) is 0 Å². The second-order valence-corrected chi connectivity index (χ2v) is 2.50. The molecule has 0 aromatic carbocycles. The molecule has 2 heterocycles. The Balaban J connectivity index is 2.33. The van der Waals surface area contributed by atoms with Crippen LogP contribution in [0.1, 0.15) is 18.2 Å². The fourth-order valence-corrected chi connectivity index (χ4v) is 0.888. The highest BCUT2D eigenvalue weighted by Crippen LogP contribution is 2.22. The first-order valence-electron chi connectivity index (χ1n) is 3.71. The van der Waals surface area contributed by atoms with Crippen molar-refractivity contribution in [2.45, 2.75) is 13.3 Å². The average Bonchev–Trinajstić information content (AvgIpc) is 2.70. The summed E-state index contributed by atoms with van der Waals surface area (Å²) in [5, 5.41) is 6.55. The minimum atomic E-state index is -2.77. The lowest BCUT2D eigenvalue weighted by Gasteiger charge is -1.86. The van der Waals surface area contributed by atoms with Gasteiger partial charge in [0.2, 0.25) is 0 Å². The number of nitrogens with zero attached hydrogens (tertiary/aromatic N) is 3. The van der Waals surface area contributed by atoms with Gasteiger partial charge in [-0.05, 0) is 0 Å². The third-order valence-corrected chi connectivity index (χ3v) is 1.47. The lowest BCUT2D eigenvalue weighted by molar-refractivity contribution is 0.116. The molecule has 0 saturated heterocycles. The summed E-state index contributed by atoms with van der Waals surface area (Å²) >= 11 is 0. The Morgan fingerprint density at radius 3 is 2.64 bits per heavy atom. The third kappa shape index (κ3) is 1.48. The van der Waals surface area contributed by atoms with E-state index in [1.54, 1.807) is 6.92 Å². The van der Waals surface area contributed by atoms with E-state index < -0.39 is 12.3 Å². The summed E-state index contributed by atoms with van der Waals surface area (Å²) in [5.74, 6) is -0.394. The van der Waals surface area contributed by atoms with E-state index >= 15 is 0 Å². The number of alkyl halides is 2. The van der Waals surface area contributed by atoms with Crippen LogP contribution in [-0.4, -0.2) is 15.2 Å². The maximum atomic E-state index is 12.1. The predicted molar refractivity (Wildman–Crippen MR) is 39.5 cm³/mol. The SMILES string of the molecule is Cc1nc(-c2nnc(C(F)F)o2)co1. The van der Waals surface area contributed by atoms with Crippen LogP contribution in [0.4, 0.5) is 8.78 Å². The second kappa shape index (κ2) is 3.17. The Morgan fingerprint density at radius 1 is 1.36 bits per heavy atom. The molecule has 0 atom stereocenters. The fourth-order valence-electron chi connectivity index (χ4n) is 0.888. The third-order valence-electron chi connectivity index (χ3n) is 1.47. The topological polar surface area (TPSA) is 65.0 Å². The van der Waals surface area contributed by atoms with Crippen LogP contribution in [0.15, 0.2) is 15.1 Å². The van der Waals surface area contributed by atoms with E-state index in [2.05, 4.69) is 19.6 Å². The molecule has 74 valence electrons. The number of rotatable bonds is 2. The number of halogens is 2. The van der Waals surface area contributed by atoms with Crippen LogP contribution in [0.3, 0.4) is 0 Å². The molecule has 0 aliphatic rings. The molecular weight excluding hydrogens is 196 g/mol. The summed E-state index contributed by atoms with van der Waals surface area (Å²) in [7, 11) is 0. The van der Waals surface area contributed by atoms with Crippen LogP contribution in [0.25, 0.3) is 11.6 Å². The van der Waals surface area contributed by atoms with E-state index in [4.69, 9.17) is 4.42 Å². The molecule has 0 radical (unpaired) electrons. The van der Waals surface area contributed by atoms with Crippen LogP contribution in [0.5, 0.6) is 0 Å². The zero-order chi connectivity index (χ0) is 10.1. The molecule has 0 aliphatic carbocycles. The maximum absolute atomic E-state index is 12.1. The van der Waals surface area contributed by atoms with Gasteiger partial charge >= 0.3 is 6.43 Å². The molecule has 0 fully saturated rings. The molecular formula is C7H5F2N3O2. The molecule has 2 aromatic rings. The van der Waals surface area contributed by atoms with E-state index in [0.717, 1.165) is 0 Å². The van der Waals surface area contributed by atoms with Crippen LogP contribution in [0.2, 0.25) is 0 Å². The minimum Gasteiger partial charge on any atom is -0.448 e. The van der Waals surface area contributed by atoms with E-state index in [1.807, 2.05) is 0 Å². The molecule has 0 bridgehead atoms. The van der Waals surface area contributed by atoms with Gasteiger partial charge in [0.25, 0.3) is 11.8 Å². The monoisotopic (exact) mass is 201 g/mol. The summed E-state index contributed by atoms with van der Waals surface area (Å²) in [4.78, 5) is 3.85. The van der Waals surface area contributed by atoms with Crippen LogP contribution in [-0.2, 0) is 0 Å². The Labute approximate surface area is 76.8 Å². The number of oxazole rings is 1. The maximum Gasteiger partial charge on any atom is 0.314 e. The fraction of sp³-hybridized carbons (Fsp3) is 0.286. The predicted octanol–water partition coefficient (Wildman–Crippen LogP) is 1.97. The van der Waals surface area contributed by atoms with Gasteiger partial charge in [0.15, 0.2) is 11.6 Å². The number of hydrogen-bond donors (Lipinski definition) is 0. The quantitative estimate of drug-likeness (QED) is 0.743. The van der Waals surface area contributed by atoms with Crippen LogP contribution in [0, 0.1) is 6.92 Å². The molecule has 0 aliphatic heterocycles. The lowest BCUT2D eigenvalue weighted by Crippen LogP contribution is -1.81. The van der Waals surface area contributed by atoms with Gasteiger partial charge in [-0.15, -0.1) is 10.2 Å². The number of aromatic nitrogens is 3. The van der Waals surface area contributed by atoms with Gasteiger partial charge in [0, 0.05) is 6.92 Å². The van der Waals surface area contributed by atoms with Gasteiger partial charge in [0.1, 0.15) is 6.26 Å². The molecule has 14 heavy (non-hydrogen) atoms. The molecule has 7 heteroatoms. The standard InChI is InChI=1S/C7H5F2N3O2/c1-3-10-4(2-13-3)6-11-12-7(14-6)5(8)9/h2,5H,1H3. The summed E-state index contributed by atoms with van der Waals surface area (Å²) in [6.45, 7) is 1.62. The molecule has 2 rings (SSSR count).